The number of esters is 1. The third-order valence-electron chi connectivity index (χ3n) is 2.38. The molecule has 1 aromatic heterocycles. The van der Waals surface area contributed by atoms with Crippen molar-refractivity contribution in [3.8, 4) is 0 Å². The molecular weight excluding hydrogens is 202 g/mol. The summed E-state index contributed by atoms with van der Waals surface area (Å²) >= 11 is 0. The third kappa shape index (κ3) is 4.01. The molecule has 0 aliphatic rings. The van der Waals surface area contributed by atoms with Crippen molar-refractivity contribution in [3.05, 3.63) is 29.6 Å². The summed E-state index contributed by atoms with van der Waals surface area (Å²) in [5.41, 5.74) is 1.57. The molecule has 0 aromatic carbocycles. The average molecular weight is 221 g/mol. The fourth-order valence-electron chi connectivity index (χ4n) is 1.53. The second-order valence-electron chi connectivity index (χ2n) is 3.73. The van der Waals surface area contributed by atoms with E-state index in [0.29, 0.717) is 12.3 Å². The lowest BCUT2D eigenvalue weighted by Crippen LogP contribution is -2.07. The van der Waals surface area contributed by atoms with Gasteiger partial charge in [-0.1, -0.05) is 19.8 Å². The summed E-state index contributed by atoms with van der Waals surface area (Å²) < 4.78 is 4.91. The lowest BCUT2D eigenvalue weighted by Gasteiger charge is -2.04. The minimum atomic E-state index is -0.333. The Bertz CT molecular complexity index is 336. The van der Waals surface area contributed by atoms with Crippen molar-refractivity contribution < 1.29 is 9.53 Å². The van der Waals surface area contributed by atoms with Crippen LogP contribution in [0.2, 0.25) is 0 Å². The fourth-order valence-corrected chi connectivity index (χ4v) is 1.53. The van der Waals surface area contributed by atoms with Gasteiger partial charge in [0, 0.05) is 6.20 Å². The quantitative estimate of drug-likeness (QED) is 0.547. The molecule has 0 spiro atoms. The van der Waals surface area contributed by atoms with Gasteiger partial charge in [0.25, 0.3) is 0 Å². The molecular formula is C13H19NO2. The second kappa shape index (κ2) is 6.99. The van der Waals surface area contributed by atoms with Crippen LogP contribution in [0.15, 0.2) is 18.3 Å². The Kier molecular flexibility index (Phi) is 5.54. The predicted molar refractivity (Wildman–Crippen MR) is 63.4 cm³/mol. The van der Waals surface area contributed by atoms with Crippen molar-refractivity contribution in [2.75, 3.05) is 6.61 Å². The minimum absolute atomic E-state index is 0.333. The summed E-state index contributed by atoms with van der Waals surface area (Å²) in [4.78, 5) is 15.5. The predicted octanol–water partition coefficient (Wildman–Crippen LogP) is 2.99. The van der Waals surface area contributed by atoms with E-state index in [1.165, 1.54) is 12.8 Å². The SMILES string of the molecule is CCCCCc1ccnc(C(=O)OCC)c1. The molecule has 1 heterocycles. The molecule has 0 N–H and O–H groups in total. The van der Waals surface area contributed by atoms with Crippen molar-refractivity contribution in [1.82, 2.24) is 4.98 Å². The first kappa shape index (κ1) is 12.7. The molecule has 3 nitrogen and oxygen atoms in total. The van der Waals surface area contributed by atoms with Crippen LogP contribution in [0.4, 0.5) is 0 Å². The van der Waals surface area contributed by atoms with Crippen molar-refractivity contribution in [2.24, 2.45) is 0 Å². The Morgan fingerprint density at radius 3 is 2.88 bits per heavy atom. The summed E-state index contributed by atoms with van der Waals surface area (Å²) in [6, 6.07) is 3.78. The van der Waals surface area contributed by atoms with Gasteiger partial charge in [0.2, 0.25) is 0 Å². The molecule has 0 amide bonds. The van der Waals surface area contributed by atoms with E-state index in [-0.39, 0.29) is 5.97 Å². The number of hydrogen-bond acceptors (Lipinski definition) is 3. The van der Waals surface area contributed by atoms with E-state index in [4.69, 9.17) is 4.74 Å². The van der Waals surface area contributed by atoms with Crippen LogP contribution in [0.25, 0.3) is 0 Å². The zero-order chi connectivity index (χ0) is 11.8. The smallest absolute Gasteiger partial charge is 0.356 e. The van der Waals surface area contributed by atoms with Gasteiger partial charge in [-0.25, -0.2) is 9.78 Å². The number of nitrogens with zero attached hydrogens (tertiary/aromatic N) is 1. The number of carbonyl (C=O) groups excluding carboxylic acids is 1. The number of aryl methyl sites for hydroxylation is 1. The third-order valence-corrected chi connectivity index (χ3v) is 2.38. The standard InChI is InChI=1S/C13H19NO2/c1-3-5-6-7-11-8-9-14-12(10-11)13(15)16-4-2/h8-10H,3-7H2,1-2H3. The average Bonchev–Trinajstić information content (AvgIpc) is 2.30. The van der Waals surface area contributed by atoms with Gasteiger partial charge in [0.1, 0.15) is 5.69 Å². The van der Waals surface area contributed by atoms with E-state index in [2.05, 4.69) is 11.9 Å². The van der Waals surface area contributed by atoms with Crippen LogP contribution < -0.4 is 0 Å². The van der Waals surface area contributed by atoms with Gasteiger partial charge in [0.05, 0.1) is 6.61 Å². The largest absolute Gasteiger partial charge is 0.461 e. The van der Waals surface area contributed by atoms with Gasteiger partial charge in [-0.3, -0.25) is 0 Å². The number of rotatable bonds is 6. The van der Waals surface area contributed by atoms with Crippen LogP contribution in [0.1, 0.15) is 49.2 Å². The van der Waals surface area contributed by atoms with E-state index in [0.717, 1.165) is 18.4 Å². The zero-order valence-electron chi connectivity index (χ0n) is 10.0. The molecule has 0 radical (unpaired) electrons. The van der Waals surface area contributed by atoms with Crippen molar-refractivity contribution in [1.29, 1.82) is 0 Å². The van der Waals surface area contributed by atoms with E-state index in [9.17, 15) is 4.79 Å². The van der Waals surface area contributed by atoms with Crippen LogP contribution in [0.3, 0.4) is 0 Å². The first-order valence-corrected chi connectivity index (χ1v) is 5.90. The highest BCUT2D eigenvalue weighted by Gasteiger charge is 2.08. The van der Waals surface area contributed by atoms with Gasteiger partial charge in [-0.05, 0) is 37.5 Å². The van der Waals surface area contributed by atoms with Crippen molar-refractivity contribution in [3.63, 3.8) is 0 Å². The summed E-state index contributed by atoms with van der Waals surface area (Å²) in [6.07, 6.45) is 6.26. The molecule has 3 heteroatoms. The first-order chi connectivity index (χ1) is 7.77. The highest BCUT2D eigenvalue weighted by molar-refractivity contribution is 5.87. The highest BCUT2D eigenvalue weighted by atomic mass is 16.5. The van der Waals surface area contributed by atoms with Crippen LogP contribution in [-0.2, 0) is 11.2 Å². The lowest BCUT2D eigenvalue weighted by molar-refractivity contribution is 0.0519. The molecule has 1 aromatic rings. The van der Waals surface area contributed by atoms with Crippen LogP contribution in [-0.4, -0.2) is 17.6 Å². The first-order valence-electron chi connectivity index (χ1n) is 5.90. The highest BCUT2D eigenvalue weighted by Crippen LogP contribution is 2.08. The Labute approximate surface area is 96.8 Å². The maximum Gasteiger partial charge on any atom is 0.356 e. The summed E-state index contributed by atoms with van der Waals surface area (Å²) in [5, 5.41) is 0. The Morgan fingerprint density at radius 1 is 1.38 bits per heavy atom. The maximum absolute atomic E-state index is 11.4. The Hall–Kier alpha value is -1.38. The molecule has 0 saturated heterocycles. The van der Waals surface area contributed by atoms with E-state index in [1.807, 2.05) is 12.1 Å². The summed E-state index contributed by atoms with van der Waals surface area (Å²) in [7, 11) is 0. The normalized spacial score (nSPS) is 10.1. The van der Waals surface area contributed by atoms with E-state index >= 15 is 0 Å². The fraction of sp³-hybridized carbons (Fsp3) is 0.538. The number of hydrogen-bond donors (Lipinski definition) is 0. The minimum Gasteiger partial charge on any atom is -0.461 e. The molecule has 1 rings (SSSR count). The topological polar surface area (TPSA) is 39.2 Å². The molecule has 0 aliphatic heterocycles. The Balaban J connectivity index is 2.60. The lowest BCUT2D eigenvalue weighted by atomic mass is 10.1. The molecule has 0 aliphatic carbocycles. The van der Waals surface area contributed by atoms with Gasteiger partial charge in [0.15, 0.2) is 0 Å². The second-order valence-corrected chi connectivity index (χ2v) is 3.73. The van der Waals surface area contributed by atoms with Gasteiger partial charge in [-0.15, -0.1) is 0 Å². The molecule has 0 bridgehead atoms. The van der Waals surface area contributed by atoms with Crippen LogP contribution >= 0.6 is 0 Å². The van der Waals surface area contributed by atoms with Gasteiger partial charge >= 0.3 is 5.97 Å². The number of ether oxygens (including phenoxy) is 1. The van der Waals surface area contributed by atoms with E-state index in [1.54, 1.807) is 13.1 Å². The van der Waals surface area contributed by atoms with Crippen molar-refractivity contribution >= 4 is 5.97 Å². The summed E-state index contributed by atoms with van der Waals surface area (Å²) in [5.74, 6) is -0.333. The molecule has 0 atom stereocenters. The van der Waals surface area contributed by atoms with Crippen molar-refractivity contribution in [2.45, 2.75) is 39.5 Å². The number of carbonyl (C=O) groups is 1. The van der Waals surface area contributed by atoms with Gasteiger partial charge < -0.3 is 4.74 Å². The molecule has 88 valence electrons. The zero-order valence-corrected chi connectivity index (χ0v) is 10.0. The van der Waals surface area contributed by atoms with E-state index < -0.39 is 0 Å². The molecule has 0 saturated carbocycles. The van der Waals surface area contributed by atoms with Gasteiger partial charge in [-0.2, -0.15) is 0 Å². The number of pyridine rings is 1. The maximum atomic E-state index is 11.4. The van der Waals surface area contributed by atoms with Crippen LogP contribution in [0.5, 0.6) is 0 Å². The number of unbranched alkanes of at least 4 members (excludes halogenated alkanes) is 2. The Morgan fingerprint density at radius 2 is 2.19 bits per heavy atom. The monoisotopic (exact) mass is 221 g/mol. The number of aromatic nitrogens is 1. The molecule has 16 heavy (non-hydrogen) atoms. The summed E-state index contributed by atoms with van der Waals surface area (Å²) in [6.45, 7) is 4.36. The van der Waals surface area contributed by atoms with Crippen LogP contribution in [0, 0.1) is 0 Å². The molecule has 0 unspecified atom stereocenters. The molecule has 0 fully saturated rings.